The summed E-state index contributed by atoms with van der Waals surface area (Å²) >= 11 is 0. The van der Waals surface area contributed by atoms with Gasteiger partial charge < -0.3 is 29.5 Å². The number of hydrogen-bond donors (Lipinski definition) is 3. The van der Waals surface area contributed by atoms with Crippen LogP contribution >= 0.6 is 0 Å². The molecule has 0 aliphatic heterocycles. The molecule has 0 spiro atoms. The van der Waals surface area contributed by atoms with Gasteiger partial charge in [0.15, 0.2) is 0 Å². The zero-order valence-electron chi connectivity index (χ0n) is 25.1. The van der Waals surface area contributed by atoms with Gasteiger partial charge in [-0.05, 0) is 108 Å². The van der Waals surface area contributed by atoms with Crippen molar-refractivity contribution < 1.29 is 43.9 Å². The lowest BCUT2D eigenvalue weighted by Crippen LogP contribution is -1.97. The van der Waals surface area contributed by atoms with E-state index in [0.717, 1.165) is 16.7 Å². The molecule has 6 aromatic carbocycles. The Morgan fingerprint density at radius 2 is 0.833 bits per heavy atom. The molecule has 0 aliphatic carbocycles. The standard InChI is InChI=1S/C39H26O9/c40-37(41)25-6-13-29(14-7-25)46-32-19-20-33(36(23-32)48-31-17-10-27(11-18-31)39(44)45)28-12-21-35(34(22-28)24-4-2-1-3-5-24)47-30-15-8-26(9-16-30)38(42)43/h1-23H,(H,40,41)(H,42,43)(H,44,45). The van der Waals surface area contributed by atoms with Crippen molar-refractivity contribution in [1.82, 2.24) is 0 Å². The van der Waals surface area contributed by atoms with Gasteiger partial charge in [-0.15, -0.1) is 0 Å². The van der Waals surface area contributed by atoms with Crippen LogP contribution in [0.3, 0.4) is 0 Å². The molecule has 0 radical (unpaired) electrons. The van der Waals surface area contributed by atoms with Gasteiger partial charge in [0.2, 0.25) is 0 Å². The SMILES string of the molecule is O=C(O)c1ccc(Oc2ccc(-c3ccc(Oc4ccc(C(=O)O)cc4)c(-c4ccccc4)c3)c(Oc3ccc(C(=O)O)cc3)c2)cc1. The van der Waals surface area contributed by atoms with Crippen molar-refractivity contribution in [3.05, 3.63) is 156 Å². The molecule has 6 aromatic rings. The van der Waals surface area contributed by atoms with Crippen molar-refractivity contribution >= 4 is 17.9 Å². The van der Waals surface area contributed by atoms with Crippen molar-refractivity contribution in [2.45, 2.75) is 0 Å². The zero-order chi connectivity index (χ0) is 33.6. The molecule has 0 heterocycles. The molecular formula is C39H26O9. The van der Waals surface area contributed by atoms with E-state index in [4.69, 9.17) is 14.2 Å². The fourth-order valence-electron chi connectivity index (χ4n) is 4.91. The summed E-state index contributed by atoms with van der Waals surface area (Å²) in [7, 11) is 0. The first kappa shape index (κ1) is 31.1. The van der Waals surface area contributed by atoms with Crippen LogP contribution in [0.5, 0.6) is 34.5 Å². The molecule has 9 nitrogen and oxygen atoms in total. The molecule has 9 heteroatoms. The van der Waals surface area contributed by atoms with E-state index in [1.54, 1.807) is 48.5 Å². The van der Waals surface area contributed by atoms with Crippen molar-refractivity contribution in [1.29, 1.82) is 0 Å². The first-order valence-corrected chi connectivity index (χ1v) is 14.6. The number of benzene rings is 6. The van der Waals surface area contributed by atoms with Crippen LogP contribution in [0.4, 0.5) is 0 Å². The Morgan fingerprint density at radius 3 is 1.33 bits per heavy atom. The second-order valence-electron chi connectivity index (χ2n) is 10.5. The van der Waals surface area contributed by atoms with Gasteiger partial charge in [-0.25, -0.2) is 14.4 Å². The average Bonchev–Trinajstić information content (AvgIpc) is 3.10. The minimum atomic E-state index is -1.06. The third-order valence-electron chi connectivity index (χ3n) is 7.32. The monoisotopic (exact) mass is 638 g/mol. The first-order valence-electron chi connectivity index (χ1n) is 14.6. The van der Waals surface area contributed by atoms with Gasteiger partial charge in [-0.2, -0.15) is 0 Å². The van der Waals surface area contributed by atoms with Crippen LogP contribution in [0.2, 0.25) is 0 Å². The molecule has 0 bridgehead atoms. The van der Waals surface area contributed by atoms with Crippen molar-refractivity contribution in [3.63, 3.8) is 0 Å². The Labute approximate surface area is 274 Å². The van der Waals surface area contributed by atoms with E-state index in [0.29, 0.717) is 40.1 Å². The highest BCUT2D eigenvalue weighted by molar-refractivity contribution is 5.89. The van der Waals surface area contributed by atoms with E-state index in [9.17, 15) is 29.7 Å². The number of rotatable bonds is 11. The summed E-state index contributed by atoms with van der Waals surface area (Å²) in [6, 6.07) is 38.8. The van der Waals surface area contributed by atoms with Crippen molar-refractivity contribution in [3.8, 4) is 56.8 Å². The van der Waals surface area contributed by atoms with E-state index in [2.05, 4.69) is 0 Å². The number of hydrogen-bond acceptors (Lipinski definition) is 6. The van der Waals surface area contributed by atoms with Crippen LogP contribution in [0.15, 0.2) is 140 Å². The minimum Gasteiger partial charge on any atom is -0.478 e. The van der Waals surface area contributed by atoms with E-state index < -0.39 is 17.9 Å². The zero-order valence-corrected chi connectivity index (χ0v) is 25.1. The number of aromatic carboxylic acids is 3. The summed E-state index contributed by atoms with van der Waals surface area (Å²) in [6.07, 6.45) is 0. The summed E-state index contributed by atoms with van der Waals surface area (Å²) in [5.41, 5.74) is 3.52. The lowest BCUT2D eigenvalue weighted by molar-refractivity contribution is 0.0686. The lowest BCUT2D eigenvalue weighted by atomic mass is 9.97. The van der Waals surface area contributed by atoms with Gasteiger partial charge in [-0.3, -0.25) is 0 Å². The fraction of sp³-hybridized carbons (Fsp3) is 0. The molecule has 0 saturated heterocycles. The van der Waals surface area contributed by atoms with E-state index >= 15 is 0 Å². The van der Waals surface area contributed by atoms with Gasteiger partial charge in [0.05, 0.1) is 16.7 Å². The van der Waals surface area contributed by atoms with Crippen molar-refractivity contribution in [2.24, 2.45) is 0 Å². The molecule has 0 unspecified atom stereocenters. The molecular weight excluding hydrogens is 612 g/mol. The second kappa shape index (κ2) is 13.6. The number of carboxylic acids is 3. The van der Waals surface area contributed by atoms with E-state index in [1.807, 2.05) is 54.6 Å². The van der Waals surface area contributed by atoms with Crippen LogP contribution in [0.25, 0.3) is 22.3 Å². The molecule has 3 N–H and O–H groups in total. The summed E-state index contributed by atoms with van der Waals surface area (Å²) in [5, 5.41) is 27.8. The average molecular weight is 639 g/mol. The van der Waals surface area contributed by atoms with Crippen LogP contribution in [0.1, 0.15) is 31.1 Å². The molecule has 236 valence electrons. The first-order chi connectivity index (χ1) is 23.2. The van der Waals surface area contributed by atoms with Gasteiger partial charge in [0, 0.05) is 17.2 Å². The predicted molar refractivity (Wildman–Crippen MR) is 178 cm³/mol. The van der Waals surface area contributed by atoms with Crippen LogP contribution < -0.4 is 14.2 Å². The van der Waals surface area contributed by atoms with Crippen LogP contribution in [-0.4, -0.2) is 33.2 Å². The Hall–Kier alpha value is -6.87. The maximum atomic E-state index is 11.4. The van der Waals surface area contributed by atoms with E-state index in [-0.39, 0.29) is 16.7 Å². The Kier molecular flexibility index (Phi) is 8.84. The quantitative estimate of drug-likeness (QED) is 0.127. The maximum Gasteiger partial charge on any atom is 0.335 e. The Morgan fingerprint density at radius 1 is 0.375 bits per heavy atom. The molecule has 0 fully saturated rings. The lowest BCUT2D eigenvalue weighted by Gasteiger charge is -2.17. The van der Waals surface area contributed by atoms with E-state index in [1.165, 1.54) is 36.4 Å². The van der Waals surface area contributed by atoms with Gasteiger partial charge in [0.1, 0.15) is 34.5 Å². The molecule has 0 atom stereocenters. The smallest absolute Gasteiger partial charge is 0.335 e. The highest BCUT2D eigenvalue weighted by atomic mass is 16.5. The molecule has 48 heavy (non-hydrogen) atoms. The minimum absolute atomic E-state index is 0.116. The molecule has 0 amide bonds. The topological polar surface area (TPSA) is 140 Å². The number of ether oxygens (including phenoxy) is 3. The summed E-state index contributed by atoms with van der Waals surface area (Å²) in [6.45, 7) is 0. The largest absolute Gasteiger partial charge is 0.478 e. The van der Waals surface area contributed by atoms with Gasteiger partial charge in [-0.1, -0.05) is 36.4 Å². The van der Waals surface area contributed by atoms with Crippen molar-refractivity contribution in [2.75, 3.05) is 0 Å². The van der Waals surface area contributed by atoms with Crippen LogP contribution in [-0.2, 0) is 0 Å². The Balaban J connectivity index is 1.40. The number of carbonyl (C=O) groups is 3. The predicted octanol–water partition coefficient (Wildman–Crippen LogP) is 9.49. The second-order valence-corrected chi connectivity index (χ2v) is 10.5. The molecule has 0 aromatic heterocycles. The number of carboxylic acid groups (broad SMARTS) is 3. The summed E-state index contributed by atoms with van der Waals surface area (Å²) < 4.78 is 18.6. The fourth-order valence-corrected chi connectivity index (χ4v) is 4.91. The highest BCUT2D eigenvalue weighted by Crippen LogP contribution is 2.42. The summed E-state index contributed by atoms with van der Waals surface area (Å²) in [4.78, 5) is 34.0. The third-order valence-corrected chi connectivity index (χ3v) is 7.32. The normalized spacial score (nSPS) is 10.6. The van der Waals surface area contributed by atoms with Crippen LogP contribution in [0, 0.1) is 0 Å². The molecule has 0 saturated carbocycles. The van der Waals surface area contributed by atoms with Gasteiger partial charge in [0.25, 0.3) is 0 Å². The highest BCUT2D eigenvalue weighted by Gasteiger charge is 2.16. The molecule has 0 aliphatic rings. The van der Waals surface area contributed by atoms with Gasteiger partial charge >= 0.3 is 17.9 Å². The molecule has 6 rings (SSSR count). The summed E-state index contributed by atoms with van der Waals surface area (Å²) in [5.74, 6) is -0.453. The third kappa shape index (κ3) is 7.16. The Bertz CT molecular complexity index is 2100. The maximum absolute atomic E-state index is 11.4.